The topological polar surface area (TPSA) is 55.1 Å². The molecule has 1 N–H and O–H groups in total. The van der Waals surface area contributed by atoms with E-state index in [1.807, 2.05) is 20.8 Å². The highest BCUT2D eigenvalue weighted by atomic mass is 79.9. The van der Waals surface area contributed by atoms with Crippen LogP contribution in [-0.4, -0.2) is 15.9 Å². The molecule has 0 radical (unpaired) electrons. The minimum absolute atomic E-state index is 0.107. The summed E-state index contributed by atoms with van der Waals surface area (Å²) in [6.07, 6.45) is 0.733. The average Bonchev–Trinajstić information content (AvgIpc) is 2.65. The van der Waals surface area contributed by atoms with Gasteiger partial charge in [-0.15, -0.1) is 0 Å². The van der Waals surface area contributed by atoms with Crippen LogP contribution in [0, 0.1) is 0 Å². The molecule has 5 heteroatoms. The molecule has 1 aromatic rings. The molecule has 0 spiro atoms. The zero-order valence-electron chi connectivity index (χ0n) is 9.08. The Bertz CT molecular complexity index is 336. The summed E-state index contributed by atoms with van der Waals surface area (Å²) in [5, 5.41) is 6.50. The van der Waals surface area contributed by atoms with Gasteiger partial charge in [0.1, 0.15) is 0 Å². The largest absolute Gasteiger partial charge is 0.338 e. The van der Waals surface area contributed by atoms with Gasteiger partial charge in [0.2, 0.25) is 11.8 Å². The maximum Gasteiger partial charge on any atom is 0.240 e. The van der Waals surface area contributed by atoms with Gasteiger partial charge in [-0.05, 0) is 12.3 Å². The Morgan fingerprint density at radius 3 is 2.80 bits per heavy atom. The normalized spacial score (nSPS) is 12.9. The van der Waals surface area contributed by atoms with Crippen molar-refractivity contribution < 1.29 is 9.32 Å². The van der Waals surface area contributed by atoms with Gasteiger partial charge in [-0.2, -0.15) is 0 Å². The van der Waals surface area contributed by atoms with Crippen LogP contribution in [0.2, 0.25) is 0 Å². The van der Waals surface area contributed by atoms with Crippen LogP contribution in [0.5, 0.6) is 0 Å². The number of hydrogen-bond donors (Lipinski definition) is 1. The molecule has 0 aliphatic heterocycles. The SMILES string of the molecule is CCC(Br)C(=O)Nc1cc(C(C)C)no1. The number of carbonyl (C=O) groups excluding carboxylic acids is 1. The zero-order valence-corrected chi connectivity index (χ0v) is 10.7. The summed E-state index contributed by atoms with van der Waals surface area (Å²) in [6.45, 7) is 5.96. The molecule has 0 bridgehead atoms. The van der Waals surface area contributed by atoms with E-state index in [1.54, 1.807) is 6.07 Å². The van der Waals surface area contributed by atoms with Gasteiger partial charge in [-0.3, -0.25) is 10.1 Å². The summed E-state index contributed by atoms with van der Waals surface area (Å²) in [5.41, 5.74) is 0.841. The van der Waals surface area contributed by atoms with Crippen LogP contribution in [0.1, 0.15) is 38.8 Å². The smallest absolute Gasteiger partial charge is 0.240 e. The molecule has 4 nitrogen and oxygen atoms in total. The summed E-state index contributed by atoms with van der Waals surface area (Å²) >= 11 is 3.26. The van der Waals surface area contributed by atoms with Gasteiger partial charge in [0.15, 0.2) is 0 Å². The van der Waals surface area contributed by atoms with Gasteiger partial charge >= 0.3 is 0 Å². The second-order valence-electron chi connectivity index (χ2n) is 3.64. The predicted octanol–water partition coefficient (Wildman–Crippen LogP) is 2.91. The molecular weight excluding hydrogens is 260 g/mol. The van der Waals surface area contributed by atoms with Crippen LogP contribution in [-0.2, 0) is 4.79 Å². The van der Waals surface area contributed by atoms with Crippen molar-refractivity contribution in [3.05, 3.63) is 11.8 Å². The second kappa shape index (κ2) is 5.30. The molecule has 1 atom stereocenters. The van der Waals surface area contributed by atoms with Crippen molar-refractivity contribution in [2.45, 2.75) is 37.9 Å². The Balaban J connectivity index is 2.61. The van der Waals surface area contributed by atoms with Crippen LogP contribution < -0.4 is 5.32 Å². The summed E-state index contributed by atoms with van der Waals surface area (Å²) < 4.78 is 4.99. The van der Waals surface area contributed by atoms with E-state index >= 15 is 0 Å². The van der Waals surface area contributed by atoms with Crippen molar-refractivity contribution >= 4 is 27.7 Å². The lowest BCUT2D eigenvalue weighted by Gasteiger charge is -2.04. The number of halogens is 1. The molecular formula is C10H15BrN2O2. The van der Waals surface area contributed by atoms with E-state index in [0.717, 1.165) is 12.1 Å². The summed E-state index contributed by atoms with van der Waals surface area (Å²) in [7, 11) is 0. The third kappa shape index (κ3) is 3.34. The third-order valence-corrected chi connectivity index (χ3v) is 3.07. The maximum atomic E-state index is 11.5. The third-order valence-electron chi connectivity index (χ3n) is 2.01. The van der Waals surface area contributed by atoms with Gasteiger partial charge in [0, 0.05) is 6.07 Å². The van der Waals surface area contributed by atoms with Gasteiger partial charge in [0.25, 0.3) is 0 Å². The molecule has 0 aromatic carbocycles. The molecule has 1 amide bonds. The lowest BCUT2D eigenvalue weighted by atomic mass is 10.1. The second-order valence-corrected chi connectivity index (χ2v) is 4.74. The van der Waals surface area contributed by atoms with Crippen molar-refractivity contribution in [1.82, 2.24) is 5.16 Å². The molecule has 84 valence electrons. The van der Waals surface area contributed by atoms with E-state index in [0.29, 0.717) is 11.8 Å². The van der Waals surface area contributed by atoms with Crippen LogP contribution in [0.3, 0.4) is 0 Å². The van der Waals surface area contributed by atoms with Crippen molar-refractivity contribution in [2.75, 3.05) is 5.32 Å². The fourth-order valence-corrected chi connectivity index (χ4v) is 1.12. The lowest BCUT2D eigenvalue weighted by molar-refractivity contribution is -0.115. The van der Waals surface area contributed by atoms with Crippen molar-refractivity contribution in [3.63, 3.8) is 0 Å². The molecule has 1 rings (SSSR count). The number of anilines is 1. The monoisotopic (exact) mass is 274 g/mol. The fraction of sp³-hybridized carbons (Fsp3) is 0.600. The Morgan fingerprint density at radius 1 is 1.67 bits per heavy atom. The highest BCUT2D eigenvalue weighted by molar-refractivity contribution is 9.10. The van der Waals surface area contributed by atoms with Crippen molar-refractivity contribution in [1.29, 1.82) is 0 Å². The van der Waals surface area contributed by atoms with E-state index < -0.39 is 0 Å². The van der Waals surface area contributed by atoms with Gasteiger partial charge in [-0.25, -0.2) is 0 Å². The summed E-state index contributed by atoms with van der Waals surface area (Å²) in [5.74, 6) is 0.593. The molecule has 1 aromatic heterocycles. The van der Waals surface area contributed by atoms with Crippen molar-refractivity contribution in [2.24, 2.45) is 0 Å². The highest BCUT2D eigenvalue weighted by Gasteiger charge is 2.15. The summed E-state index contributed by atoms with van der Waals surface area (Å²) in [4.78, 5) is 11.3. The standard InChI is InChI=1S/C10H15BrN2O2/c1-4-7(11)10(14)12-9-5-8(6(2)3)13-15-9/h5-7H,4H2,1-3H3,(H,12,14). The minimum atomic E-state index is -0.190. The molecule has 0 fully saturated rings. The molecule has 0 saturated carbocycles. The van der Waals surface area contributed by atoms with E-state index in [-0.39, 0.29) is 10.7 Å². The van der Waals surface area contributed by atoms with Crippen LogP contribution in [0.15, 0.2) is 10.6 Å². The molecule has 1 unspecified atom stereocenters. The molecule has 15 heavy (non-hydrogen) atoms. The average molecular weight is 275 g/mol. The number of nitrogens with one attached hydrogen (secondary N) is 1. The van der Waals surface area contributed by atoms with Gasteiger partial charge in [-0.1, -0.05) is 41.9 Å². The molecule has 0 aliphatic rings. The predicted molar refractivity (Wildman–Crippen MR) is 62.2 cm³/mol. The Morgan fingerprint density at radius 2 is 2.33 bits per heavy atom. The Kier molecular flexibility index (Phi) is 4.32. The van der Waals surface area contributed by atoms with Crippen LogP contribution in [0.4, 0.5) is 5.88 Å². The highest BCUT2D eigenvalue weighted by Crippen LogP contribution is 2.18. The first kappa shape index (κ1) is 12.2. The van der Waals surface area contributed by atoms with Crippen LogP contribution >= 0.6 is 15.9 Å². The molecule has 1 heterocycles. The van der Waals surface area contributed by atoms with E-state index in [2.05, 4.69) is 26.4 Å². The van der Waals surface area contributed by atoms with E-state index in [1.165, 1.54) is 0 Å². The number of alkyl halides is 1. The van der Waals surface area contributed by atoms with E-state index in [4.69, 9.17) is 4.52 Å². The van der Waals surface area contributed by atoms with E-state index in [9.17, 15) is 4.79 Å². The fourth-order valence-electron chi connectivity index (χ4n) is 1.01. The van der Waals surface area contributed by atoms with Gasteiger partial charge in [0.05, 0.1) is 10.5 Å². The lowest BCUT2D eigenvalue weighted by Crippen LogP contribution is -2.21. The number of nitrogens with zero attached hydrogens (tertiary/aromatic N) is 1. The van der Waals surface area contributed by atoms with Crippen molar-refractivity contribution in [3.8, 4) is 0 Å². The van der Waals surface area contributed by atoms with Gasteiger partial charge < -0.3 is 4.52 Å². The first-order valence-corrected chi connectivity index (χ1v) is 5.87. The van der Waals surface area contributed by atoms with Crippen LogP contribution in [0.25, 0.3) is 0 Å². The number of hydrogen-bond acceptors (Lipinski definition) is 3. The first-order valence-electron chi connectivity index (χ1n) is 4.96. The molecule has 0 saturated heterocycles. The number of carbonyl (C=O) groups is 1. The zero-order chi connectivity index (χ0) is 11.4. The number of amides is 1. The Labute approximate surface area is 97.5 Å². The minimum Gasteiger partial charge on any atom is -0.338 e. The number of aromatic nitrogens is 1. The summed E-state index contributed by atoms with van der Waals surface area (Å²) in [6, 6.07) is 1.75. The number of rotatable bonds is 4. The quantitative estimate of drug-likeness (QED) is 0.859. The maximum absolute atomic E-state index is 11.5. The molecule has 0 aliphatic carbocycles. The first-order chi connectivity index (χ1) is 7.04. The Hall–Kier alpha value is -0.840.